The largest absolute Gasteiger partial charge is 0.355 e. The SMILES string of the molecule is O=C(CCc1n[nH]c2c1CCCC2)NCCN1CCc2ccccc2C1. The Morgan fingerprint density at radius 3 is 2.92 bits per heavy atom. The molecule has 2 aliphatic rings. The Morgan fingerprint density at radius 2 is 2.00 bits per heavy atom. The maximum absolute atomic E-state index is 12.2. The summed E-state index contributed by atoms with van der Waals surface area (Å²) in [5, 5.41) is 10.7. The Hall–Kier alpha value is -2.14. The molecular formula is C21H28N4O. The lowest BCUT2D eigenvalue weighted by molar-refractivity contribution is -0.121. The molecule has 0 radical (unpaired) electrons. The van der Waals surface area contributed by atoms with Gasteiger partial charge in [-0.3, -0.25) is 14.8 Å². The van der Waals surface area contributed by atoms with Crippen molar-refractivity contribution in [2.75, 3.05) is 19.6 Å². The van der Waals surface area contributed by atoms with Crippen molar-refractivity contribution in [2.45, 2.75) is 51.5 Å². The average Bonchev–Trinajstić information content (AvgIpc) is 3.09. The Morgan fingerprint density at radius 1 is 1.15 bits per heavy atom. The van der Waals surface area contributed by atoms with Crippen LogP contribution in [0.25, 0.3) is 0 Å². The quantitative estimate of drug-likeness (QED) is 0.839. The summed E-state index contributed by atoms with van der Waals surface area (Å²) in [4.78, 5) is 14.6. The van der Waals surface area contributed by atoms with Crippen LogP contribution in [0.1, 0.15) is 47.3 Å². The second kappa shape index (κ2) is 8.04. The number of carbonyl (C=O) groups excluding carboxylic acids is 1. The molecule has 4 rings (SSSR count). The van der Waals surface area contributed by atoms with Crippen molar-refractivity contribution >= 4 is 5.91 Å². The molecule has 0 atom stereocenters. The summed E-state index contributed by atoms with van der Waals surface area (Å²) < 4.78 is 0. The number of nitrogens with one attached hydrogen (secondary N) is 2. The number of aromatic nitrogens is 2. The lowest BCUT2D eigenvalue weighted by Gasteiger charge is -2.28. The van der Waals surface area contributed by atoms with Gasteiger partial charge in [0, 0.05) is 44.7 Å². The van der Waals surface area contributed by atoms with Gasteiger partial charge in [-0.1, -0.05) is 24.3 Å². The highest BCUT2D eigenvalue weighted by atomic mass is 16.1. The van der Waals surface area contributed by atoms with Crippen molar-refractivity contribution in [3.05, 3.63) is 52.3 Å². The van der Waals surface area contributed by atoms with E-state index in [0.717, 1.165) is 57.6 Å². The minimum absolute atomic E-state index is 0.134. The van der Waals surface area contributed by atoms with E-state index >= 15 is 0 Å². The second-order valence-electron chi connectivity index (χ2n) is 7.48. The van der Waals surface area contributed by atoms with Gasteiger partial charge >= 0.3 is 0 Å². The van der Waals surface area contributed by atoms with E-state index in [9.17, 15) is 4.79 Å². The molecule has 0 saturated carbocycles. The molecule has 138 valence electrons. The number of aryl methyl sites for hydroxylation is 2. The van der Waals surface area contributed by atoms with E-state index in [1.807, 2.05) is 0 Å². The number of fused-ring (bicyclic) bond motifs is 2. The number of benzene rings is 1. The van der Waals surface area contributed by atoms with Gasteiger partial charge in [-0.05, 0) is 48.8 Å². The van der Waals surface area contributed by atoms with E-state index in [2.05, 4.69) is 44.7 Å². The van der Waals surface area contributed by atoms with Crippen LogP contribution in [0.15, 0.2) is 24.3 Å². The average molecular weight is 352 g/mol. The van der Waals surface area contributed by atoms with Crippen molar-refractivity contribution in [1.82, 2.24) is 20.4 Å². The van der Waals surface area contributed by atoms with Crippen LogP contribution in [-0.2, 0) is 37.0 Å². The summed E-state index contributed by atoms with van der Waals surface area (Å²) in [6, 6.07) is 8.66. The van der Waals surface area contributed by atoms with Crippen LogP contribution in [0.5, 0.6) is 0 Å². The fourth-order valence-electron chi connectivity index (χ4n) is 4.18. The van der Waals surface area contributed by atoms with Gasteiger partial charge in [-0.2, -0.15) is 5.10 Å². The van der Waals surface area contributed by atoms with Crippen molar-refractivity contribution < 1.29 is 4.79 Å². The first kappa shape index (κ1) is 17.3. The highest BCUT2D eigenvalue weighted by Gasteiger charge is 2.18. The molecule has 1 aliphatic heterocycles. The molecule has 5 heteroatoms. The minimum Gasteiger partial charge on any atom is -0.355 e. The maximum Gasteiger partial charge on any atom is 0.220 e. The van der Waals surface area contributed by atoms with Crippen molar-refractivity contribution in [3.8, 4) is 0 Å². The molecule has 1 aromatic heterocycles. The number of aromatic amines is 1. The summed E-state index contributed by atoms with van der Waals surface area (Å²) in [7, 11) is 0. The van der Waals surface area contributed by atoms with Crippen molar-refractivity contribution in [1.29, 1.82) is 0 Å². The van der Waals surface area contributed by atoms with Crippen LogP contribution in [0.2, 0.25) is 0 Å². The third kappa shape index (κ3) is 3.98. The van der Waals surface area contributed by atoms with Gasteiger partial charge in [-0.25, -0.2) is 0 Å². The fourth-order valence-corrected chi connectivity index (χ4v) is 4.18. The van der Waals surface area contributed by atoms with Crippen LogP contribution in [0.4, 0.5) is 0 Å². The Labute approximate surface area is 155 Å². The van der Waals surface area contributed by atoms with E-state index in [1.165, 1.54) is 35.2 Å². The van der Waals surface area contributed by atoms with Gasteiger partial charge in [0.05, 0.1) is 5.69 Å². The molecule has 0 saturated heterocycles. The predicted molar refractivity (Wildman–Crippen MR) is 102 cm³/mol. The lowest BCUT2D eigenvalue weighted by atomic mass is 9.95. The van der Waals surface area contributed by atoms with Gasteiger partial charge in [0.2, 0.25) is 5.91 Å². The van der Waals surface area contributed by atoms with E-state index in [1.54, 1.807) is 0 Å². The molecule has 1 amide bonds. The number of nitrogens with zero attached hydrogens (tertiary/aromatic N) is 2. The maximum atomic E-state index is 12.2. The molecule has 1 aromatic carbocycles. The molecule has 2 aromatic rings. The number of amides is 1. The molecule has 0 unspecified atom stereocenters. The molecular weight excluding hydrogens is 324 g/mol. The first-order chi connectivity index (χ1) is 12.8. The number of rotatable bonds is 6. The molecule has 0 fully saturated rings. The fraction of sp³-hybridized carbons (Fsp3) is 0.524. The van der Waals surface area contributed by atoms with Gasteiger partial charge in [0.25, 0.3) is 0 Å². The highest BCUT2D eigenvalue weighted by Crippen LogP contribution is 2.23. The first-order valence-corrected chi connectivity index (χ1v) is 9.90. The molecule has 1 aliphatic carbocycles. The molecule has 26 heavy (non-hydrogen) atoms. The van der Waals surface area contributed by atoms with Crippen molar-refractivity contribution in [3.63, 3.8) is 0 Å². The number of carbonyl (C=O) groups is 1. The molecule has 2 heterocycles. The molecule has 0 bridgehead atoms. The minimum atomic E-state index is 0.134. The summed E-state index contributed by atoms with van der Waals surface area (Å²) in [5.74, 6) is 0.134. The third-order valence-corrected chi connectivity index (χ3v) is 5.69. The summed E-state index contributed by atoms with van der Waals surface area (Å²) in [6.45, 7) is 3.70. The smallest absolute Gasteiger partial charge is 0.220 e. The zero-order valence-corrected chi connectivity index (χ0v) is 15.4. The van der Waals surface area contributed by atoms with E-state index < -0.39 is 0 Å². The molecule has 0 spiro atoms. The molecule has 5 nitrogen and oxygen atoms in total. The van der Waals surface area contributed by atoms with Crippen LogP contribution in [0, 0.1) is 0 Å². The number of H-pyrrole nitrogens is 1. The monoisotopic (exact) mass is 352 g/mol. The Balaban J connectivity index is 1.19. The summed E-state index contributed by atoms with van der Waals surface area (Å²) in [5.41, 5.74) is 6.65. The van der Waals surface area contributed by atoms with E-state index in [4.69, 9.17) is 0 Å². The molecule has 2 N–H and O–H groups in total. The standard InChI is InChI=1S/C21H28N4O/c26-21(10-9-20-18-7-3-4-8-19(18)23-24-20)22-12-14-25-13-11-16-5-1-2-6-17(16)15-25/h1-2,5-6H,3-4,7-15H2,(H,22,26)(H,23,24). The number of hydrogen-bond donors (Lipinski definition) is 2. The van der Waals surface area contributed by atoms with Crippen LogP contribution >= 0.6 is 0 Å². The Kier molecular flexibility index (Phi) is 5.34. The zero-order chi connectivity index (χ0) is 17.8. The predicted octanol–water partition coefficient (Wildman–Crippen LogP) is 2.40. The van der Waals surface area contributed by atoms with Gasteiger partial charge in [0.1, 0.15) is 0 Å². The number of hydrogen-bond acceptors (Lipinski definition) is 3. The van der Waals surface area contributed by atoms with E-state index in [0.29, 0.717) is 6.42 Å². The Bertz CT molecular complexity index is 767. The van der Waals surface area contributed by atoms with Gasteiger partial charge < -0.3 is 5.32 Å². The second-order valence-corrected chi connectivity index (χ2v) is 7.48. The van der Waals surface area contributed by atoms with Crippen LogP contribution < -0.4 is 5.32 Å². The topological polar surface area (TPSA) is 61.0 Å². The van der Waals surface area contributed by atoms with E-state index in [-0.39, 0.29) is 5.91 Å². The third-order valence-electron chi connectivity index (χ3n) is 5.69. The lowest BCUT2D eigenvalue weighted by Crippen LogP contribution is -2.37. The highest BCUT2D eigenvalue weighted by molar-refractivity contribution is 5.76. The first-order valence-electron chi connectivity index (χ1n) is 9.90. The summed E-state index contributed by atoms with van der Waals surface area (Å²) >= 11 is 0. The van der Waals surface area contributed by atoms with Crippen molar-refractivity contribution in [2.24, 2.45) is 0 Å². The van der Waals surface area contributed by atoms with Gasteiger partial charge in [-0.15, -0.1) is 0 Å². The van der Waals surface area contributed by atoms with Crippen LogP contribution in [-0.4, -0.2) is 40.6 Å². The summed E-state index contributed by atoms with van der Waals surface area (Å²) in [6.07, 6.45) is 7.08. The van der Waals surface area contributed by atoms with Crippen LogP contribution in [0.3, 0.4) is 0 Å². The normalized spacial score (nSPS) is 16.8. The zero-order valence-electron chi connectivity index (χ0n) is 15.4. The van der Waals surface area contributed by atoms with Gasteiger partial charge in [0.15, 0.2) is 0 Å².